The fourth-order valence-corrected chi connectivity index (χ4v) is 5.64. The van der Waals surface area contributed by atoms with E-state index in [1.807, 2.05) is 66.7 Å². The van der Waals surface area contributed by atoms with E-state index in [1.54, 1.807) is 0 Å². The third-order valence-electron chi connectivity index (χ3n) is 7.42. The molecule has 0 unspecified atom stereocenters. The van der Waals surface area contributed by atoms with Gasteiger partial charge in [0.25, 0.3) is 0 Å². The van der Waals surface area contributed by atoms with Crippen LogP contribution in [-0.4, -0.2) is 31.4 Å². The normalized spacial score (nSPS) is 26.5. The predicted molar refractivity (Wildman–Crippen MR) is 141 cm³/mol. The lowest BCUT2D eigenvalue weighted by atomic mass is 9.76. The summed E-state index contributed by atoms with van der Waals surface area (Å²) in [7, 11) is 1.46. The van der Waals surface area contributed by atoms with Gasteiger partial charge in [0.15, 0.2) is 0 Å². The lowest BCUT2D eigenvalue weighted by Crippen LogP contribution is -2.40. The maximum Gasteiger partial charge on any atom is 0.309 e. The second-order valence-electron chi connectivity index (χ2n) is 9.73. The first kappa shape index (κ1) is 25.4. The Bertz CT molecular complexity index is 1150. The molecular weight excluding hydrogens is 464 g/mol. The third-order valence-corrected chi connectivity index (χ3v) is 7.42. The van der Waals surface area contributed by atoms with Crippen molar-refractivity contribution in [1.82, 2.24) is 0 Å². The Hall–Kier alpha value is -3.25. The van der Waals surface area contributed by atoms with Gasteiger partial charge in [-0.15, -0.1) is 0 Å². The number of fused-ring (bicyclic) bond motifs is 1. The van der Waals surface area contributed by atoms with Crippen molar-refractivity contribution in [1.29, 1.82) is 0 Å². The number of carbonyl (C=O) groups excluding carboxylic acids is 1. The number of hydrogen-bond acceptors (Lipinski definition) is 5. The zero-order chi connectivity index (χ0) is 25.5. The SMILES string of the molecule is COC(=O)[C@H]1CC=C[C@@H]2[C@@H](OCc3ccccc3)[C@H](OCc3ccccc3)[C@H](OCc3ccccc3)[C@@H]21. The van der Waals surface area contributed by atoms with Crippen LogP contribution in [0.1, 0.15) is 23.1 Å². The monoisotopic (exact) mass is 498 g/mol. The molecule has 0 saturated heterocycles. The molecule has 5 nitrogen and oxygen atoms in total. The van der Waals surface area contributed by atoms with Gasteiger partial charge >= 0.3 is 5.97 Å². The van der Waals surface area contributed by atoms with Gasteiger partial charge in [0, 0.05) is 11.8 Å². The van der Waals surface area contributed by atoms with E-state index in [2.05, 4.69) is 36.4 Å². The highest BCUT2D eigenvalue weighted by atomic mass is 16.6. The number of hydrogen-bond donors (Lipinski definition) is 0. The van der Waals surface area contributed by atoms with Crippen LogP contribution < -0.4 is 0 Å². The molecule has 0 aliphatic heterocycles. The van der Waals surface area contributed by atoms with Gasteiger partial charge in [0.05, 0.1) is 45.1 Å². The predicted octanol–water partition coefficient (Wildman–Crippen LogP) is 5.74. The van der Waals surface area contributed by atoms with Crippen molar-refractivity contribution in [3.63, 3.8) is 0 Å². The van der Waals surface area contributed by atoms with Crippen molar-refractivity contribution >= 4 is 5.97 Å². The molecule has 3 aromatic carbocycles. The van der Waals surface area contributed by atoms with Crippen LogP contribution in [0.4, 0.5) is 0 Å². The molecule has 0 radical (unpaired) electrons. The summed E-state index contributed by atoms with van der Waals surface area (Å²) in [5.74, 6) is -0.655. The van der Waals surface area contributed by atoms with Crippen LogP contribution in [0.15, 0.2) is 103 Å². The number of esters is 1. The number of methoxy groups -OCH3 is 1. The van der Waals surface area contributed by atoms with E-state index in [1.165, 1.54) is 7.11 Å². The summed E-state index contributed by atoms with van der Waals surface area (Å²) in [5, 5.41) is 0. The van der Waals surface area contributed by atoms with E-state index >= 15 is 0 Å². The number of carbonyl (C=O) groups is 1. The molecule has 0 spiro atoms. The Morgan fingerprint density at radius 2 is 1.14 bits per heavy atom. The Morgan fingerprint density at radius 3 is 1.62 bits per heavy atom. The van der Waals surface area contributed by atoms with Crippen LogP contribution in [-0.2, 0) is 43.6 Å². The second-order valence-corrected chi connectivity index (χ2v) is 9.73. The minimum atomic E-state index is -0.350. The minimum Gasteiger partial charge on any atom is -0.469 e. The molecular formula is C32H34O5. The highest BCUT2D eigenvalue weighted by Crippen LogP contribution is 2.47. The molecule has 2 aliphatic rings. The highest BCUT2D eigenvalue weighted by molar-refractivity contribution is 5.73. The molecule has 2 aliphatic carbocycles. The average Bonchev–Trinajstić information content (AvgIpc) is 3.27. The molecule has 37 heavy (non-hydrogen) atoms. The number of allylic oxidation sites excluding steroid dienone is 1. The topological polar surface area (TPSA) is 54.0 Å². The van der Waals surface area contributed by atoms with Gasteiger partial charge in [0.2, 0.25) is 0 Å². The van der Waals surface area contributed by atoms with E-state index in [9.17, 15) is 4.79 Å². The zero-order valence-corrected chi connectivity index (χ0v) is 21.1. The quantitative estimate of drug-likeness (QED) is 0.264. The lowest BCUT2D eigenvalue weighted by Gasteiger charge is -2.32. The van der Waals surface area contributed by atoms with Gasteiger partial charge in [-0.2, -0.15) is 0 Å². The summed E-state index contributed by atoms with van der Waals surface area (Å²) in [6, 6.07) is 30.4. The summed E-state index contributed by atoms with van der Waals surface area (Å²) in [4.78, 5) is 12.9. The van der Waals surface area contributed by atoms with E-state index in [-0.39, 0.29) is 42.0 Å². The minimum absolute atomic E-state index is 0.0249. The van der Waals surface area contributed by atoms with Crippen molar-refractivity contribution in [3.8, 4) is 0 Å². The van der Waals surface area contributed by atoms with Crippen LogP contribution in [0.25, 0.3) is 0 Å². The van der Waals surface area contributed by atoms with E-state index in [0.717, 1.165) is 16.7 Å². The molecule has 1 saturated carbocycles. The largest absolute Gasteiger partial charge is 0.469 e. The maximum atomic E-state index is 12.9. The van der Waals surface area contributed by atoms with Crippen molar-refractivity contribution in [2.45, 2.75) is 44.6 Å². The average molecular weight is 499 g/mol. The third kappa shape index (κ3) is 6.02. The van der Waals surface area contributed by atoms with Crippen LogP contribution in [0.2, 0.25) is 0 Å². The Kier molecular flexibility index (Phi) is 8.46. The molecule has 0 aromatic heterocycles. The van der Waals surface area contributed by atoms with Crippen molar-refractivity contribution in [3.05, 3.63) is 120 Å². The fraction of sp³-hybridized carbons (Fsp3) is 0.344. The highest BCUT2D eigenvalue weighted by Gasteiger charge is 2.57. The number of benzene rings is 3. The first-order chi connectivity index (χ1) is 18.2. The molecule has 0 N–H and O–H groups in total. The fourth-order valence-electron chi connectivity index (χ4n) is 5.64. The van der Waals surface area contributed by atoms with Crippen LogP contribution in [0.5, 0.6) is 0 Å². The summed E-state index contributed by atoms with van der Waals surface area (Å²) in [5.41, 5.74) is 3.26. The Morgan fingerprint density at radius 1 is 0.676 bits per heavy atom. The van der Waals surface area contributed by atoms with E-state index < -0.39 is 0 Å². The summed E-state index contributed by atoms with van der Waals surface area (Å²) < 4.78 is 25.1. The van der Waals surface area contributed by atoms with Gasteiger partial charge in [-0.25, -0.2) is 0 Å². The van der Waals surface area contributed by atoms with Crippen molar-refractivity contribution < 1.29 is 23.7 Å². The van der Waals surface area contributed by atoms with Crippen molar-refractivity contribution in [2.75, 3.05) is 7.11 Å². The van der Waals surface area contributed by atoms with Crippen LogP contribution in [0.3, 0.4) is 0 Å². The van der Waals surface area contributed by atoms with E-state index in [0.29, 0.717) is 26.2 Å². The van der Waals surface area contributed by atoms with Gasteiger partial charge < -0.3 is 18.9 Å². The number of ether oxygens (including phenoxy) is 4. The second kappa shape index (κ2) is 12.3. The Labute approximate surface area is 219 Å². The van der Waals surface area contributed by atoms with Gasteiger partial charge in [-0.3, -0.25) is 4.79 Å². The first-order valence-electron chi connectivity index (χ1n) is 13.0. The van der Waals surface area contributed by atoms with Gasteiger partial charge in [-0.05, 0) is 23.1 Å². The van der Waals surface area contributed by atoms with Crippen LogP contribution >= 0.6 is 0 Å². The molecule has 5 rings (SSSR count). The standard InChI is InChI=1S/C32H34O5/c1-34-32(33)27-19-11-18-26-28(27)30(36-21-24-14-7-3-8-15-24)31(37-22-25-16-9-4-10-17-25)29(26)35-20-23-12-5-2-6-13-23/h2-18,26-31H,19-22H2,1H3/t26-,27-,28-,29+,30+,31-/m0/s1. The molecule has 0 bridgehead atoms. The molecule has 1 fully saturated rings. The number of rotatable bonds is 10. The summed E-state index contributed by atoms with van der Waals surface area (Å²) >= 11 is 0. The smallest absolute Gasteiger partial charge is 0.309 e. The zero-order valence-electron chi connectivity index (χ0n) is 21.1. The molecule has 3 aromatic rings. The molecule has 5 heteroatoms. The van der Waals surface area contributed by atoms with Crippen molar-refractivity contribution in [2.24, 2.45) is 17.8 Å². The lowest BCUT2D eigenvalue weighted by molar-refractivity contribution is -0.153. The van der Waals surface area contributed by atoms with Gasteiger partial charge in [0.1, 0.15) is 6.10 Å². The Balaban J connectivity index is 1.45. The van der Waals surface area contributed by atoms with Crippen LogP contribution in [0, 0.1) is 17.8 Å². The molecule has 0 heterocycles. The molecule has 0 amide bonds. The molecule has 6 atom stereocenters. The summed E-state index contributed by atoms with van der Waals surface area (Å²) in [6.45, 7) is 1.33. The summed E-state index contributed by atoms with van der Waals surface area (Å²) in [6.07, 6.45) is 3.94. The first-order valence-corrected chi connectivity index (χ1v) is 13.0. The molecule has 192 valence electrons. The maximum absolute atomic E-state index is 12.9. The van der Waals surface area contributed by atoms with Gasteiger partial charge in [-0.1, -0.05) is 103 Å². The van der Waals surface area contributed by atoms with E-state index in [4.69, 9.17) is 18.9 Å².